The summed E-state index contributed by atoms with van der Waals surface area (Å²) >= 11 is 6.58. The molecule has 1 atom stereocenters. The van der Waals surface area contributed by atoms with Crippen molar-refractivity contribution in [3.8, 4) is 0 Å². The Balaban J connectivity index is 2.26. The highest BCUT2D eigenvalue weighted by Gasteiger charge is 2.25. The largest absolute Gasteiger partial charge is 0.310 e. The molecule has 1 aliphatic carbocycles. The van der Waals surface area contributed by atoms with E-state index in [9.17, 15) is 0 Å². The van der Waals surface area contributed by atoms with Crippen molar-refractivity contribution in [1.82, 2.24) is 5.32 Å². The molecule has 1 aromatic rings. The van der Waals surface area contributed by atoms with Crippen molar-refractivity contribution >= 4 is 11.6 Å². The predicted octanol–water partition coefficient (Wildman–Crippen LogP) is 5.97. The Hall–Kier alpha value is -0.530. The summed E-state index contributed by atoms with van der Waals surface area (Å²) in [5, 5.41) is 4.66. The standard InChI is InChI=1S/C19H30ClN/c1-4-21-19(16-10-8-6-5-7-9-11-16)17-12-14(2)15(3)13-18(17)20/h12-13,16,19,21H,4-11H2,1-3H3. The zero-order chi connectivity index (χ0) is 15.2. The molecule has 0 aromatic heterocycles. The summed E-state index contributed by atoms with van der Waals surface area (Å²) in [6, 6.07) is 4.86. The molecule has 0 saturated heterocycles. The van der Waals surface area contributed by atoms with E-state index in [4.69, 9.17) is 11.6 Å². The van der Waals surface area contributed by atoms with Gasteiger partial charge in [0.25, 0.3) is 0 Å². The zero-order valence-corrected chi connectivity index (χ0v) is 14.6. The van der Waals surface area contributed by atoms with Crippen LogP contribution in [0.4, 0.5) is 0 Å². The predicted molar refractivity (Wildman–Crippen MR) is 93.2 cm³/mol. The number of nitrogens with one attached hydrogen (secondary N) is 1. The third-order valence-electron chi connectivity index (χ3n) is 4.99. The topological polar surface area (TPSA) is 12.0 Å². The van der Waals surface area contributed by atoms with Crippen LogP contribution in [0.2, 0.25) is 5.02 Å². The monoisotopic (exact) mass is 307 g/mol. The van der Waals surface area contributed by atoms with E-state index < -0.39 is 0 Å². The minimum absolute atomic E-state index is 0.417. The summed E-state index contributed by atoms with van der Waals surface area (Å²) in [5.41, 5.74) is 3.95. The maximum Gasteiger partial charge on any atom is 0.0456 e. The molecular weight excluding hydrogens is 278 g/mol. The van der Waals surface area contributed by atoms with Crippen LogP contribution in [0, 0.1) is 19.8 Å². The molecular formula is C19H30ClN. The van der Waals surface area contributed by atoms with Gasteiger partial charge in [0.1, 0.15) is 0 Å². The molecule has 0 amide bonds. The first kappa shape index (κ1) is 16.8. The molecule has 0 spiro atoms. The van der Waals surface area contributed by atoms with E-state index in [2.05, 4.69) is 38.2 Å². The van der Waals surface area contributed by atoms with E-state index in [0.717, 1.165) is 17.5 Å². The number of aryl methyl sites for hydroxylation is 2. The summed E-state index contributed by atoms with van der Waals surface area (Å²) in [7, 11) is 0. The van der Waals surface area contributed by atoms with Crippen LogP contribution < -0.4 is 5.32 Å². The van der Waals surface area contributed by atoms with Gasteiger partial charge in [0, 0.05) is 11.1 Å². The van der Waals surface area contributed by atoms with Crippen LogP contribution in [0.3, 0.4) is 0 Å². The average Bonchev–Trinajstić information content (AvgIpc) is 2.41. The fraction of sp³-hybridized carbons (Fsp3) is 0.684. The lowest BCUT2D eigenvalue weighted by Crippen LogP contribution is -2.29. The Labute approximate surface area is 135 Å². The molecule has 0 radical (unpaired) electrons. The third-order valence-corrected chi connectivity index (χ3v) is 5.32. The highest BCUT2D eigenvalue weighted by molar-refractivity contribution is 6.31. The maximum atomic E-state index is 6.58. The van der Waals surface area contributed by atoms with E-state index in [1.807, 2.05) is 0 Å². The summed E-state index contributed by atoms with van der Waals surface area (Å²) in [6.07, 6.45) is 9.63. The second-order valence-electron chi connectivity index (χ2n) is 6.60. The van der Waals surface area contributed by atoms with Crippen molar-refractivity contribution in [3.05, 3.63) is 33.8 Å². The van der Waals surface area contributed by atoms with Gasteiger partial charge in [-0.05, 0) is 61.9 Å². The lowest BCUT2D eigenvalue weighted by molar-refractivity contribution is 0.291. The first-order valence-corrected chi connectivity index (χ1v) is 9.01. The van der Waals surface area contributed by atoms with Crippen LogP contribution in [0.15, 0.2) is 12.1 Å². The number of hydrogen-bond donors (Lipinski definition) is 1. The fourth-order valence-corrected chi connectivity index (χ4v) is 3.95. The number of hydrogen-bond acceptors (Lipinski definition) is 1. The van der Waals surface area contributed by atoms with Crippen molar-refractivity contribution in [2.24, 2.45) is 5.92 Å². The smallest absolute Gasteiger partial charge is 0.0456 e. The summed E-state index contributed by atoms with van der Waals surface area (Å²) in [6.45, 7) is 7.54. The van der Waals surface area contributed by atoms with Crippen LogP contribution in [-0.4, -0.2) is 6.54 Å². The molecule has 0 heterocycles. The zero-order valence-electron chi connectivity index (χ0n) is 13.8. The third kappa shape index (κ3) is 4.47. The summed E-state index contributed by atoms with van der Waals surface area (Å²) < 4.78 is 0. The number of rotatable bonds is 4. The molecule has 1 nitrogen and oxygen atoms in total. The molecule has 1 saturated carbocycles. The first-order valence-electron chi connectivity index (χ1n) is 8.63. The lowest BCUT2D eigenvalue weighted by Gasteiger charge is -2.31. The molecule has 0 bridgehead atoms. The van der Waals surface area contributed by atoms with Gasteiger partial charge in [0.05, 0.1) is 0 Å². The van der Waals surface area contributed by atoms with E-state index in [0.29, 0.717) is 6.04 Å². The van der Waals surface area contributed by atoms with Crippen LogP contribution >= 0.6 is 11.6 Å². The number of halogens is 1. The minimum Gasteiger partial charge on any atom is -0.310 e. The van der Waals surface area contributed by atoms with Gasteiger partial charge in [-0.1, -0.05) is 56.7 Å². The lowest BCUT2D eigenvalue weighted by atomic mass is 9.82. The Morgan fingerprint density at radius 2 is 1.62 bits per heavy atom. The Kier molecular flexibility index (Phi) is 6.57. The molecule has 2 heteroatoms. The van der Waals surface area contributed by atoms with Gasteiger partial charge in [-0.15, -0.1) is 0 Å². The second-order valence-corrected chi connectivity index (χ2v) is 7.01. The van der Waals surface area contributed by atoms with E-state index in [1.165, 1.54) is 61.6 Å². The van der Waals surface area contributed by atoms with Gasteiger partial charge < -0.3 is 5.32 Å². The first-order chi connectivity index (χ1) is 10.1. The molecule has 21 heavy (non-hydrogen) atoms. The Morgan fingerprint density at radius 3 is 2.24 bits per heavy atom. The van der Waals surface area contributed by atoms with Gasteiger partial charge in [-0.3, -0.25) is 0 Å². The van der Waals surface area contributed by atoms with Crippen LogP contribution in [0.5, 0.6) is 0 Å². The van der Waals surface area contributed by atoms with Gasteiger partial charge in [-0.25, -0.2) is 0 Å². The van der Waals surface area contributed by atoms with E-state index >= 15 is 0 Å². The normalized spacial score (nSPS) is 19.0. The van der Waals surface area contributed by atoms with E-state index in [1.54, 1.807) is 0 Å². The average molecular weight is 308 g/mol. The molecule has 1 fully saturated rings. The van der Waals surface area contributed by atoms with Crippen molar-refractivity contribution in [3.63, 3.8) is 0 Å². The highest BCUT2D eigenvalue weighted by atomic mass is 35.5. The SMILES string of the molecule is CCNC(c1cc(C)c(C)cc1Cl)C1CCCCCCC1. The molecule has 0 aliphatic heterocycles. The molecule has 118 valence electrons. The Bertz CT molecular complexity index is 447. The second kappa shape index (κ2) is 8.19. The summed E-state index contributed by atoms with van der Waals surface area (Å²) in [5.74, 6) is 0.727. The fourth-order valence-electron chi connectivity index (χ4n) is 3.61. The van der Waals surface area contributed by atoms with Crippen molar-refractivity contribution in [2.45, 2.75) is 71.8 Å². The Morgan fingerprint density at radius 1 is 1.05 bits per heavy atom. The molecule has 1 unspecified atom stereocenters. The number of benzene rings is 1. The summed E-state index contributed by atoms with van der Waals surface area (Å²) in [4.78, 5) is 0. The van der Waals surface area contributed by atoms with Crippen molar-refractivity contribution in [1.29, 1.82) is 0 Å². The highest BCUT2D eigenvalue weighted by Crippen LogP contribution is 2.36. The van der Waals surface area contributed by atoms with Crippen molar-refractivity contribution < 1.29 is 0 Å². The van der Waals surface area contributed by atoms with Crippen LogP contribution in [-0.2, 0) is 0 Å². The van der Waals surface area contributed by atoms with Gasteiger partial charge in [0.2, 0.25) is 0 Å². The minimum atomic E-state index is 0.417. The quantitative estimate of drug-likeness (QED) is 0.722. The molecule has 2 rings (SSSR count). The molecule has 1 N–H and O–H groups in total. The molecule has 1 aromatic carbocycles. The van der Waals surface area contributed by atoms with Crippen molar-refractivity contribution in [2.75, 3.05) is 6.54 Å². The molecule has 1 aliphatic rings. The van der Waals surface area contributed by atoms with Gasteiger partial charge in [0.15, 0.2) is 0 Å². The van der Waals surface area contributed by atoms with Crippen LogP contribution in [0.25, 0.3) is 0 Å². The van der Waals surface area contributed by atoms with E-state index in [-0.39, 0.29) is 0 Å². The maximum absolute atomic E-state index is 6.58. The van der Waals surface area contributed by atoms with Gasteiger partial charge in [-0.2, -0.15) is 0 Å². The van der Waals surface area contributed by atoms with Gasteiger partial charge >= 0.3 is 0 Å². The van der Waals surface area contributed by atoms with Crippen LogP contribution in [0.1, 0.15) is 74.6 Å².